The van der Waals surface area contributed by atoms with Crippen LogP contribution in [-0.4, -0.2) is 31.2 Å². The van der Waals surface area contributed by atoms with Crippen LogP contribution in [0.5, 0.6) is 0 Å². The van der Waals surface area contributed by atoms with Crippen LogP contribution in [0.4, 0.5) is 10.5 Å². The van der Waals surface area contributed by atoms with Crippen LogP contribution in [0.3, 0.4) is 0 Å². The van der Waals surface area contributed by atoms with Gasteiger partial charge in [-0.1, -0.05) is 34.1 Å². The Morgan fingerprint density at radius 2 is 2.04 bits per heavy atom. The van der Waals surface area contributed by atoms with Crippen molar-refractivity contribution >= 4 is 11.7 Å². The molecule has 0 saturated heterocycles. The molecule has 0 radical (unpaired) electrons. The highest BCUT2D eigenvalue weighted by Gasteiger charge is 2.12. The quantitative estimate of drug-likeness (QED) is 0.618. The van der Waals surface area contributed by atoms with Gasteiger partial charge in [0, 0.05) is 6.20 Å². The molecule has 0 bridgehead atoms. The maximum absolute atomic E-state index is 10.3. The third-order valence-corrected chi connectivity index (χ3v) is 3.41. The first-order valence-electron chi connectivity index (χ1n) is 8.36. The molecule has 1 aromatic heterocycles. The van der Waals surface area contributed by atoms with Crippen LogP contribution in [0.15, 0.2) is 24.5 Å². The molecule has 0 aliphatic rings. The minimum atomic E-state index is -0.576. The smallest absolute Gasteiger partial charge is 0.316 e. The first kappa shape index (κ1) is 23.6. The van der Waals surface area contributed by atoms with Crippen LogP contribution < -0.4 is 22.1 Å². The average molecular weight is 326 g/mol. The minimum absolute atomic E-state index is 0.576. The normalized spacial score (nSPS) is 11.9. The van der Waals surface area contributed by atoms with Gasteiger partial charge in [0.1, 0.15) is 0 Å². The number of aromatic nitrogens is 1. The molecule has 0 aliphatic heterocycles. The fourth-order valence-corrected chi connectivity index (χ4v) is 1.99. The van der Waals surface area contributed by atoms with Crippen molar-refractivity contribution in [1.82, 2.24) is 10.3 Å². The van der Waals surface area contributed by atoms with Gasteiger partial charge in [-0.2, -0.15) is 0 Å². The summed E-state index contributed by atoms with van der Waals surface area (Å²) in [5, 5.41) is 5.54. The molecular formula is C17H35N5O. The minimum Gasteiger partial charge on any atom is -0.351 e. The summed E-state index contributed by atoms with van der Waals surface area (Å²) in [6, 6.07) is 2.84. The van der Waals surface area contributed by atoms with Gasteiger partial charge in [-0.25, -0.2) is 4.79 Å². The van der Waals surface area contributed by atoms with E-state index in [9.17, 15) is 4.79 Å². The molecule has 6 heteroatoms. The van der Waals surface area contributed by atoms with E-state index in [-0.39, 0.29) is 0 Å². The molecule has 23 heavy (non-hydrogen) atoms. The zero-order valence-electron chi connectivity index (χ0n) is 15.3. The summed E-state index contributed by atoms with van der Waals surface area (Å²) in [5.74, 6) is 1.47. The number of nitrogens with one attached hydrogen (secondary N) is 2. The van der Waals surface area contributed by atoms with Crippen molar-refractivity contribution in [3.63, 3.8) is 0 Å². The monoisotopic (exact) mass is 325 g/mol. The van der Waals surface area contributed by atoms with E-state index in [2.05, 4.69) is 29.5 Å². The molecule has 1 heterocycles. The second kappa shape index (κ2) is 16.7. The number of anilines is 1. The van der Waals surface area contributed by atoms with Crippen LogP contribution >= 0.6 is 0 Å². The lowest BCUT2D eigenvalue weighted by molar-refractivity contribution is 0.259. The van der Waals surface area contributed by atoms with Crippen molar-refractivity contribution < 1.29 is 4.79 Å². The Bertz CT molecular complexity index is 369. The summed E-state index contributed by atoms with van der Waals surface area (Å²) in [6.45, 7) is 10.4. The highest BCUT2D eigenvalue weighted by atomic mass is 16.2. The Hall–Kier alpha value is -1.66. The number of hydrogen-bond acceptors (Lipinski definition) is 4. The van der Waals surface area contributed by atoms with E-state index in [0.29, 0.717) is 11.6 Å². The number of nitrogens with two attached hydrogens (primary N) is 2. The van der Waals surface area contributed by atoms with Gasteiger partial charge in [0.05, 0.1) is 11.9 Å². The molecule has 0 fully saturated rings. The number of hydrogen-bond donors (Lipinski definition) is 4. The molecule has 6 N–H and O–H groups in total. The van der Waals surface area contributed by atoms with E-state index < -0.39 is 6.03 Å². The summed E-state index contributed by atoms with van der Waals surface area (Å²) >= 11 is 0. The van der Waals surface area contributed by atoms with E-state index in [4.69, 9.17) is 11.5 Å². The van der Waals surface area contributed by atoms with Crippen molar-refractivity contribution in [3.8, 4) is 0 Å². The van der Waals surface area contributed by atoms with E-state index in [1.165, 1.54) is 19.0 Å². The zero-order valence-corrected chi connectivity index (χ0v) is 15.3. The molecule has 1 aromatic rings. The van der Waals surface area contributed by atoms with Gasteiger partial charge in [0.15, 0.2) is 0 Å². The second-order valence-electron chi connectivity index (χ2n) is 5.00. The first-order valence-corrected chi connectivity index (χ1v) is 8.36. The Morgan fingerprint density at radius 1 is 1.39 bits per heavy atom. The summed E-state index contributed by atoms with van der Waals surface area (Å²) < 4.78 is 0. The molecule has 2 amide bonds. The largest absolute Gasteiger partial charge is 0.351 e. The number of primary amides is 1. The SMILES string of the molecule is CC.CCC(CN)C(C)CCNC.NC(=O)Nc1cccnc1. The van der Waals surface area contributed by atoms with Gasteiger partial charge in [-0.3, -0.25) is 4.98 Å². The summed E-state index contributed by atoms with van der Waals surface area (Å²) in [7, 11) is 2.00. The maximum atomic E-state index is 10.3. The van der Waals surface area contributed by atoms with Gasteiger partial charge in [-0.05, 0) is 50.5 Å². The topological polar surface area (TPSA) is 106 Å². The van der Waals surface area contributed by atoms with Gasteiger partial charge < -0.3 is 22.1 Å². The van der Waals surface area contributed by atoms with Crippen molar-refractivity contribution in [2.24, 2.45) is 23.3 Å². The van der Waals surface area contributed by atoms with Gasteiger partial charge >= 0.3 is 6.03 Å². The van der Waals surface area contributed by atoms with E-state index in [0.717, 1.165) is 19.0 Å². The molecule has 0 aliphatic carbocycles. The van der Waals surface area contributed by atoms with Crippen LogP contribution in [0.1, 0.15) is 40.5 Å². The number of nitrogens with zero attached hydrogens (tertiary/aromatic N) is 1. The molecule has 6 nitrogen and oxygen atoms in total. The third-order valence-electron chi connectivity index (χ3n) is 3.41. The molecule has 0 aromatic carbocycles. The highest BCUT2D eigenvalue weighted by molar-refractivity contribution is 5.87. The predicted molar refractivity (Wildman–Crippen MR) is 99.3 cm³/mol. The summed E-state index contributed by atoms with van der Waals surface area (Å²) in [5.41, 5.74) is 11.1. The van der Waals surface area contributed by atoms with Gasteiger partial charge in [0.25, 0.3) is 0 Å². The van der Waals surface area contributed by atoms with E-state index >= 15 is 0 Å². The van der Waals surface area contributed by atoms with Gasteiger partial charge in [0.2, 0.25) is 0 Å². The van der Waals surface area contributed by atoms with E-state index in [1.54, 1.807) is 18.3 Å². The number of carbonyl (C=O) groups excluding carboxylic acids is 1. The van der Waals surface area contributed by atoms with Crippen molar-refractivity contribution in [3.05, 3.63) is 24.5 Å². The maximum Gasteiger partial charge on any atom is 0.316 e. The Kier molecular flexibility index (Phi) is 17.1. The molecule has 2 unspecified atom stereocenters. The number of rotatable bonds is 7. The zero-order chi connectivity index (χ0) is 18.1. The lowest BCUT2D eigenvalue weighted by Crippen LogP contribution is -2.23. The van der Waals surface area contributed by atoms with Crippen molar-refractivity contribution in [1.29, 1.82) is 0 Å². The molecule has 1 rings (SSSR count). The molecule has 2 atom stereocenters. The lowest BCUT2D eigenvalue weighted by Gasteiger charge is -2.20. The van der Waals surface area contributed by atoms with Crippen LogP contribution in [0.2, 0.25) is 0 Å². The van der Waals surface area contributed by atoms with Gasteiger partial charge in [-0.15, -0.1) is 0 Å². The summed E-state index contributed by atoms with van der Waals surface area (Å²) in [4.78, 5) is 14.0. The average Bonchev–Trinajstić information content (AvgIpc) is 2.57. The second-order valence-corrected chi connectivity index (χ2v) is 5.00. The fraction of sp³-hybridized carbons (Fsp3) is 0.647. The Labute approximate surface area is 141 Å². The Morgan fingerprint density at radius 3 is 2.43 bits per heavy atom. The van der Waals surface area contributed by atoms with Crippen molar-refractivity contribution in [2.45, 2.75) is 40.5 Å². The molecule has 0 spiro atoms. The lowest BCUT2D eigenvalue weighted by atomic mass is 9.89. The number of urea groups is 1. The van der Waals surface area contributed by atoms with Crippen LogP contribution in [0, 0.1) is 11.8 Å². The Balaban J connectivity index is 0. The standard InChI is InChI=1S/C9H22N2.C6H7N3O.C2H6/c1-4-9(7-10)8(2)5-6-11-3;7-6(10)9-5-2-1-3-8-4-5;1-2/h8-9,11H,4-7,10H2,1-3H3;1-4H,(H3,7,9,10);1-2H3. The third kappa shape index (κ3) is 13.7. The molecule has 0 saturated carbocycles. The first-order chi connectivity index (χ1) is 11.0. The predicted octanol–water partition coefficient (Wildman–Crippen LogP) is 2.82. The number of pyridine rings is 1. The molecule has 134 valence electrons. The fourth-order valence-electron chi connectivity index (χ4n) is 1.99. The summed E-state index contributed by atoms with van der Waals surface area (Å²) in [6.07, 6.45) is 5.59. The number of amides is 2. The van der Waals surface area contributed by atoms with Crippen molar-refractivity contribution in [2.75, 3.05) is 25.5 Å². The number of carbonyl (C=O) groups is 1. The highest BCUT2D eigenvalue weighted by Crippen LogP contribution is 2.16. The van der Waals surface area contributed by atoms with E-state index in [1.807, 2.05) is 20.9 Å². The van der Waals surface area contributed by atoms with Crippen LogP contribution in [-0.2, 0) is 0 Å². The van der Waals surface area contributed by atoms with Crippen LogP contribution in [0.25, 0.3) is 0 Å². The molecular weight excluding hydrogens is 290 g/mol.